The molecule has 1 saturated heterocycles. The number of aliphatic hydroxyl groups excluding tert-OH is 4. The molecule has 0 aliphatic carbocycles. The minimum Gasteiger partial charge on any atom is -0.480 e. The quantitative estimate of drug-likeness (QED) is 0.0166. The van der Waals surface area contributed by atoms with E-state index in [4.69, 9.17) is 60.4 Å². The van der Waals surface area contributed by atoms with Gasteiger partial charge in [0.05, 0.1) is 51.4 Å². The number of carbonyl (C=O) groups excluding carboxylic acids is 19. The number of primary amides is 2. The van der Waals surface area contributed by atoms with Gasteiger partial charge in [0.2, 0.25) is 112 Å². The van der Waals surface area contributed by atoms with Gasteiger partial charge in [-0.05, 0) is 141 Å². The molecule has 0 saturated carbocycles. The third kappa shape index (κ3) is 46.9. The lowest BCUT2D eigenvalue weighted by molar-refractivity contribution is -0.271. The second-order valence-corrected chi connectivity index (χ2v) is 34.2. The molecule has 55 nitrogen and oxygen atoms in total. The van der Waals surface area contributed by atoms with Crippen molar-refractivity contribution in [2.24, 2.45) is 46.1 Å². The molecule has 0 unspecified atom stereocenters. The number of hydrogen-bond acceptors (Lipinski definition) is 31. The van der Waals surface area contributed by atoms with Crippen molar-refractivity contribution in [2.45, 2.75) is 273 Å². The Morgan fingerprint density at radius 1 is 0.423 bits per heavy atom. The fourth-order valence-corrected chi connectivity index (χ4v) is 13.9. The average Bonchev–Trinajstić information content (AvgIpc) is 0.801. The third-order valence-corrected chi connectivity index (χ3v) is 21.6. The minimum absolute atomic E-state index is 0.0355. The van der Waals surface area contributed by atoms with Crippen LogP contribution in [-0.2, 0) is 118 Å². The summed E-state index contributed by atoms with van der Waals surface area (Å²) in [5.74, 6) is -22.3. The lowest BCUT2D eigenvalue weighted by Gasteiger charge is -2.42. The summed E-state index contributed by atoms with van der Waals surface area (Å²) in [5.41, 5.74) is 40.5. The van der Waals surface area contributed by atoms with E-state index in [1.54, 1.807) is 74.5 Å². The number of ether oxygens (including phenoxy) is 2. The Bertz CT molecular complexity index is 4570. The maximum atomic E-state index is 15.0. The van der Waals surface area contributed by atoms with Gasteiger partial charge < -0.3 is 176 Å². The van der Waals surface area contributed by atoms with Crippen molar-refractivity contribution in [1.82, 2.24) is 101 Å². The first-order valence-electron chi connectivity index (χ1n) is 46.1. The van der Waals surface area contributed by atoms with E-state index in [2.05, 4.69) is 101 Å². The molecule has 19 amide bonds. The van der Waals surface area contributed by atoms with Crippen LogP contribution >= 0.6 is 0 Å². The second-order valence-electron chi connectivity index (χ2n) is 34.2. The summed E-state index contributed by atoms with van der Waals surface area (Å²) in [6.45, 7) is 4.82. The first-order valence-corrected chi connectivity index (χ1v) is 46.1. The lowest BCUT2D eigenvalue weighted by atomic mass is 9.97. The minimum atomic E-state index is -2.04. The highest BCUT2D eigenvalue weighted by molar-refractivity contribution is 6.01. The van der Waals surface area contributed by atoms with Gasteiger partial charge in [0.15, 0.2) is 18.2 Å². The van der Waals surface area contributed by atoms with Crippen LogP contribution in [0.25, 0.3) is 0 Å². The summed E-state index contributed by atoms with van der Waals surface area (Å²) in [4.78, 5) is 272. The zero-order valence-electron chi connectivity index (χ0n) is 80.3. The van der Waals surface area contributed by atoms with Crippen LogP contribution in [0.3, 0.4) is 0 Å². The first kappa shape index (κ1) is 122. The fraction of sp³-hybridized carbons (Fsp3) is 0.609. The van der Waals surface area contributed by atoms with E-state index < -0.39 is 304 Å². The van der Waals surface area contributed by atoms with Gasteiger partial charge >= 0.3 is 5.97 Å². The number of unbranched alkanes of at least 4 members (excludes halogenated alkanes) is 2. The van der Waals surface area contributed by atoms with Crippen molar-refractivity contribution in [2.75, 3.05) is 59.0 Å². The van der Waals surface area contributed by atoms with Crippen LogP contribution in [0, 0.1) is 16.7 Å². The predicted molar refractivity (Wildman–Crippen MR) is 506 cm³/mol. The third-order valence-electron chi connectivity index (χ3n) is 21.6. The molecule has 142 heavy (non-hydrogen) atoms. The number of carbonyl (C=O) groups is 20. The number of guanidine groups is 2. The van der Waals surface area contributed by atoms with Gasteiger partial charge in [-0.3, -0.25) is 102 Å². The highest BCUT2D eigenvalue weighted by Gasteiger charge is 2.47. The Balaban J connectivity index is 1.97. The predicted octanol–water partition coefficient (Wildman–Crippen LogP) is -13.1. The number of hydrogen-bond donors (Lipinski definition) is 33. The Morgan fingerprint density at radius 3 is 1.27 bits per heavy atom. The van der Waals surface area contributed by atoms with Crippen molar-refractivity contribution in [3.05, 3.63) is 71.8 Å². The van der Waals surface area contributed by atoms with E-state index in [1.165, 1.54) is 13.8 Å². The van der Waals surface area contributed by atoms with Gasteiger partial charge in [-0.1, -0.05) is 74.5 Å². The summed E-state index contributed by atoms with van der Waals surface area (Å²) >= 11 is 0. The van der Waals surface area contributed by atoms with E-state index >= 15 is 0 Å². The van der Waals surface area contributed by atoms with Crippen LogP contribution in [0.15, 0.2) is 60.7 Å². The van der Waals surface area contributed by atoms with E-state index in [-0.39, 0.29) is 116 Å². The van der Waals surface area contributed by atoms with Crippen LogP contribution in [0.1, 0.15) is 149 Å². The molecule has 40 N–H and O–H groups in total. The SMILES string of the molecule is CC(=O)N[C@@H]1[C@H](OC[C@H](NC(=O)[C@H](CCCCN)NC(=O)[C@H](CCCNC(=N)N)NC(=O)[C@H](C)NC(=O)CNC(=O)[C@@H](NC(=O)[C@H](Cc2ccccc2)NC(=O)CNC(=O)CNC(=O)[C@@H](N)Cc2ccccc2)[C@@H](C)O)C(=O)N[C@@H](C)C(=O)N[C@@H](CCCNC(=N)N)C(=O)N[C@@H](CCCCN)C(=O)N[C@@H](CC(C)C)C(=O)N[C@@H](C)C(=O)N[C@@H](CC(N)=O)C(=O)N[C@@H](CCC(N)=O)C(=O)O)O[C@@H](CO)[C@@H](O)[C@H]1O. The number of nitrogens with two attached hydrogens (primary N) is 7. The van der Waals surface area contributed by atoms with E-state index in [0.29, 0.717) is 5.56 Å². The summed E-state index contributed by atoms with van der Waals surface area (Å²) in [7, 11) is 0. The Labute approximate surface area is 818 Å². The van der Waals surface area contributed by atoms with Crippen molar-refractivity contribution < 1.29 is 131 Å². The molecule has 1 aliphatic rings. The summed E-state index contributed by atoms with van der Waals surface area (Å²) < 4.78 is 11.7. The van der Waals surface area contributed by atoms with Crippen LogP contribution < -0.4 is 141 Å². The zero-order valence-corrected chi connectivity index (χ0v) is 80.3. The number of aliphatic carboxylic acids is 1. The van der Waals surface area contributed by atoms with Crippen molar-refractivity contribution in [3.63, 3.8) is 0 Å². The zero-order chi connectivity index (χ0) is 107. The maximum Gasteiger partial charge on any atom is 0.326 e. The highest BCUT2D eigenvalue weighted by Crippen LogP contribution is 2.23. The van der Waals surface area contributed by atoms with Crippen LogP contribution in [0.2, 0.25) is 0 Å². The van der Waals surface area contributed by atoms with Gasteiger partial charge in [-0.15, -0.1) is 0 Å². The summed E-state index contributed by atoms with van der Waals surface area (Å²) in [5, 5.41) is 114. The number of benzene rings is 2. The van der Waals surface area contributed by atoms with Crippen molar-refractivity contribution in [1.29, 1.82) is 10.8 Å². The summed E-state index contributed by atoms with van der Waals surface area (Å²) in [6.07, 6.45) is -11.2. The molecule has 0 spiro atoms. The number of aliphatic hydroxyl groups is 4. The molecule has 2 aromatic carbocycles. The van der Waals surface area contributed by atoms with Crippen LogP contribution in [0.4, 0.5) is 0 Å². The van der Waals surface area contributed by atoms with Gasteiger partial charge in [-0.25, -0.2) is 4.79 Å². The van der Waals surface area contributed by atoms with Crippen LogP contribution in [0.5, 0.6) is 0 Å². The number of carboxylic acid groups (broad SMARTS) is 1. The number of amides is 19. The second kappa shape index (κ2) is 64.4. The molecule has 1 aliphatic heterocycles. The normalized spacial score (nSPS) is 17.4. The van der Waals surface area contributed by atoms with Gasteiger partial charge in [0, 0.05) is 32.9 Å². The van der Waals surface area contributed by atoms with Crippen molar-refractivity contribution >= 4 is 130 Å². The van der Waals surface area contributed by atoms with Gasteiger partial charge in [-0.2, -0.15) is 0 Å². The van der Waals surface area contributed by atoms with Crippen LogP contribution in [-0.4, -0.2) is 336 Å². The fourth-order valence-electron chi connectivity index (χ4n) is 13.9. The molecule has 0 radical (unpaired) electrons. The number of nitrogens with one attached hydrogen (secondary N) is 21. The van der Waals surface area contributed by atoms with Gasteiger partial charge in [0.25, 0.3) is 0 Å². The van der Waals surface area contributed by atoms with Crippen molar-refractivity contribution in [3.8, 4) is 0 Å². The topological polar surface area (TPSA) is 919 Å². The largest absolute Gasteiger partial charge is 0.480 e. The molecule has 3 rings (SSSR count). The Kier molecular flexibility index (Phi) is 55.4. The molecule has 1 heterocycles. The molecule has 1 fully saturated rings. The molecule has 792 valence electrons. The lowest BCUT2D eigenvalue weighted by Crippen LogP contribution is -2.65. The molecule has 2 aromatic rings. The monoisotopic (exact) mass is 2010 g/mol. The summed E-state index contributed by atoms with van der Waals surface area (Å²) in [6, 6.07) is -7.19. The number of carboxylic acids is 1. The van der Waals surface area contributed by atoms with E-state index in [0.717, 1.165) is 26.3 Å². The number of rotatable bonds is 66. The smallest absolute Gasteiger partial charge is 0.326 e. The molecular weight excluding hydrogens is 1870 g/mol. The first-order chi connectivity index (χ1) is 67.0. The maximum absolute atomic E-state index is 15.0. The Hall–Kier alpha value is -14.0. The molecular formula is C87H142N28O27. The Morgan fingerprint density at radius 2 is 0.824 bits per heavy atom. The molecule has 0 aromatic heterocycles. The average molecular weight is 2010 g/mol. The molecule has 0 bridgehead atoms. The van der Waals surface area contributed by atoms with E-state index in [1.807, 2.05) is 0 Å². The van der Waals surface area contributed by atoms with Gasteiger partial charge in [0.1, 0.15) is 103 Å². The molecule has 55 heteroatoms. The van der Waals surface area contributed by atoms with E-state index in [9.17, 15) is 121 Å². The molecule has 20 atom stereocenters. The highest BCUT2D eigenvalue weighted by atomic mass is 16.7. The standard InChI is InChI=1S/C87H142N28O27/c1-43(2)34-57(79(134)103-46(5)73(128)112-59(37-63(92)120)80(135)111-56(84(139)140)28-29-62(91)119)113-77(132)52(24-14-16-30-88)109-76(131)55(27-19-33-98-87(95)96)108-72(127)45(4)104-82(137)60(42-141-85-68(105-48(7)118)70(125)69(124)61(41-116)142-85)114-78(133)53(25-15-17-31-89)110-75(130)54(26-18-32-97-86(93)94)107-71(126)44(3)102-65(122)40-101-83(138)67(47(6)117)115-81(136)58(36-50-22-12-9-13-23-50)106-66(123)39-99-64(121)38-100-74(129)51(90)35-49-20-10-8-11-21-49/h8-13,20-23,43-47,51-61,67-70,85,116-117,124-125H,14-19,24-42,88-90H2,1-7H3,(H2,91,119)(H2,92,120)(H,99,121)(H,100,129)(H,101,138)(H,102,122)(H,103,134)(H,104,137)(H,105,118)(H,106,123)(H,107,126)(H,108,127)(H,109,131)(H,110,130)(H,111,135)(H,112,128)(H,113,132)(H,114,133)(H,115,136)(H,139,140)(H4,93,94,97)(H4,95,96,98)/t44-,45-,46-,47+,51-,52-,53-,54-,55-,56-,57-,58-,59-,60-,61-,67-,68-,69+,70-,85+/m0/s1.